The van der Waals surface area contributed by atoms with Crippen molar-refractivity contribution < 1.29 is 23.8 Å². The van der Waals surface area contributed by atoms with Crippen molar-refractivity contribution in [2.45, 2.75) is 36.9 Å². The van der Waals surface area contributed by atoms with Gasteiger partial charge in [0.1, 0.15) is 6.10 Å². The van der Waals surface area contributed by atoms with Gasteiger partial charge in [0.15, 0.2) is 0 Å². The Labute approximate surface area is 183 Å². The van der Waals surface area contributed by atoms with Crippen LogP contribution in [0.5, 0.6) is 0 Å². The third-order valence-corrected chi connectivity index (χ3v) is 6.04. The summed E-state index contributed by atoms with van der Waals surface area (Å²) in [6, 6.07) is 14.6. The molecule has 1 fully saturated rings. The molecule has 0 spiro atoms. The number of Topliss-reactive ketones (excluding diaryl/α,β-unsaturated/α-hetero) is 1. The molecule has 5 nitrogen and oxygen atoms in total. The van der Waals surface area contributed by atoms with E-state index in [9.17, 15) is 9.59 Å². The number of halogens is 2. The maximum Gasteiger partial charge on any atom is 0.304 e. The fourth-order valence-electron chi connectivity index (χ4n) is 2.81. The van der Waals surface area contributed by atoms with E-state index < -0.39 is 17.5 Å². The molecule has 0 amide bonds. The number of hydrogen-bond donors (Lipinski definition) is 0. The van der Waals surface area contributed by atoms with Gasteiger partial charge < -0.3 is 14.2 Å². The van der Waals surface area contributed by atoms with E-state index in [0.29, 0.717) is 16.7 Å². The Hall–Kier alpha value is -1.57. The van der Waals surface area contributed by atoms with Crippen LogP contribution >= 0.6 is 35.0 Å². The molecule has 1 aliphatic heterocycles. The van der Waals surface area contributed by atoms with E-state index in [1.807, 2.05) is 24.3 Å². The topological polar surface area (TPSA) is 61.8 Å². The standard InChI is InChI=1S/C21H20Cl2O5S/c1-13(24)28-21-19(25)20(27-11-15-4-8-17(23)9-5-15)18(29-21)12-26-10-14-2-6-16(22)7-3-14/h2-9,18,20-21H,10-12H2,1H3/t18-,20-,21?/m1/s1. The summed E-state index contributed by atoms with van der Waals surface area (Å²) in [6.07, 6.45) is -0.731. The van der Waals surface area contributed by atoms with Gasteiger partial charge in [-0.1, -0.05) is 47.5 Å². The minimum atomic E-state index is -0.883. The molecule has 154 valence electrons. The molecule has 1 heterocycles. The minimum absolute atomic E-state index is 0.245. The number of esters is 1. The molecule has 0 radical (unpaired) electrons. The first-order valence-electron chi connectivity index (χ1n) is 8.97. The summed E-state index contributed by atoms with van der Waals surface area (Å²) in [5.74, 6) is -0.769. The van der Waals surface area contributed by atoms with E-state index in [-0.39, 0.29) is 24.2 Å². The van der Waals surface area contributed by atoms with E-state index >= 15 is 0 Å². The molecule has 0 N–H and O–H groups in total. The number of carbonyl (C=O) groups is 2. The van der Waals surface area contributed by atoms with E-state index in [0.717, 1.165) is 11.1 Å². The number of carbonyl (C=O) groups excluding carboxylic acids is 2. The van der Waals surface area contributed by atoms with Gasteiger partial charge in [0.05, 0.1) is 25.1 Å². The van der Waals surface area contributed by atoms with Gasteiger partial charge in [0.2, 0.25) is 11.2 Å². The highest BCUT2D eigenvalue weighted by Crippen LogP contribution is 2.35. The predicted octanol–water partition coefficient (Wildman–Crippen LogP) is 4.67. The van der Waals surface area contributed by atoms with Crippen LogP contribution < -0.4 is 0 Å². The van der Waals surface area contributed by atoms with E-state index in [1.165, 1.54) is 18.7 Å². The number of thioether (sulfide) groups is 1. The lowest BCUT2D eigenvalue weighted by molar-refractivity contribution is -0.151. The second-order valence-electron chi connectivity index (χ2n) is 6.52. The largest absolute Gasteiger partial charge is 0.443 e. The van der Waals surface area contributed by atoms with Crippen molar-refractivity contribution in [3.05, 3.63) is 69.7 Å². The SMILES string of the molecule is CC(=O)OC1S[C@H](COCc2ccc(Cl)cc2)[C@@H](OCc2ccc(Cl)cc2)C1=O. The van der Waals surface area contributed by atoms with Crippen LogP contribution in [-0.4, -0.2) is 35.1 Å². The van der Waals surface area contributed by atoms with Gasteiger partial charge in [0, 0.05) is 17.0 Å². The van der Waals surface area contributed by atoms with Crippen LogP contribution in [0.2, 0.25) is 10.0 Å². The van der Waals surface area contributed by atoms with Gasteiger partial charge in [0.25, 0.3) is 0 Å². The maximum atomic E-state index is 12.7. The smallest absolute Gasteiger partial charge is 0.304 e. The molecule has 1 saturated heterocycles. The Kier molecular flexibility index (Phi) is 7.98. The lowest BCUT2D eigenvalue weighted by atomic mass is 10.1. The molecule has 2 aromatic rings. The number of rotatable bonds is 8. The highest BCUT2D eigenvalue weighted by Gasteiger charge is 2.45. The van der Waals surface area contributed by atoms with Gasteiger partial charge in [-0.2, -0.15) is 0 Å². The van der Waals surface area contributed by atoms with Crippen molar-refractivity contribution in [3.8, 4) is 0 Å². The van der Waals surface area contributed by atoms with Gasteiger partial charge in [-0.3, -0.25) is 9.59 Å². The van der Waals surface area contributed by atoms with Gasteiger partial charge in [-0.25, -0.2) is 0 Å². The quantitative estimate of drug-likeness (QED) is 0.540. The molecule has 1 aliphatic rings. The molecular weight excluding hydrogens is 435 g/mol. The van der Waals surface area contributed by atoms with Crippen molar-refractivity contribution in [2.24, 2.45) is 0 Å². The zero-order valence-electron chi connectivity index (χ0n) is 15.7. The van der Waals surface area contributed by atoms with Gasteiger partial charge >= 0.3 is 5.97 Å². The van der Waals surface area contributed by atoms with Gasteiger partial charge in [-0.05, 0) is 35.4 Å². The number of ether oxygens (including phenoxy) is 3. The lowest BCUT2D eigenvalue weighted by Crippen LogP contribution is -2.34. The average molecular weight is 455 g/mol. The summed E-state index contributed by atoms with van der Waals surface area (Å²) in [4.78, 5) is 24.0. The lowest BCUT2D eigenvalue weighted by Gasteiger charge is -2.18. The Morgan fingerprint density at radius 2 is 1.52 bits per heavy atom. The van der Waals surface area contributed by atoms with Crippen LogP contribution in [0.1, 0.15) is 18.1 Å². The Balaban J connectivity index is 1.60. The molecular formula is C21H20Cl2O5S. The average Bonchev–Trinajstić information content (AvgIpc) is 2.97. The van der Waals surface area contributed by atoms with Crippen LogP contribution in [0.4, 0.5) is 0 Å². The summed E-state index contributed by atoms with van der Waals surface area (Å²) in [5.41, 5.74) is 0.981. The number of hydrogen-bond acceptors (Lipinski definition) is 6. The van der Waals surface area contributed by atoms with Crippen LogP contribution in [0.3, 0.4) is 0 Å². The Morgan fingerprint density at radius 3 is 2.07 bits per heavy atom. The summed E-state index contributed by atoms with van der Waals surface area (Å²) in [6.45, 7) is 2.18. The summed E-state index contributed by atoms with van der Waals surface area (Å²) < 4.78 is 16.8. The zero-order chi connectivity index (χ0) is 20.8. The molecule has 3 atom stereocenters. The Bertz CT molecular complexity index is 841. The minimum Gasteiger partial charge on any atom is -0.443 e. The molecule has 3 rings (SSSR count). The first-order valence-corrected chi connectivity index (χ1v) is 10.7. The molecule has 1 unspecified atom stereocenters. The molecule has 2 aromatic carbocycles. The first kappa shape index (κ1) is 22.1. The fraction of sp³-hybridized carbons (Fsp3) is 0.333. The fourth-order valence-corrected chi connectivity index (χ4v) is 4.37. The van der Waals surface area contributed by atoms with Crippen molar-refractivity contribution in [1.82, 2.24) is 0 Å². The first-order chi connectivity index (χ1) is 13.9. The monoisotopic (exact) mass is 454 g/mol. The molecule has 8 heteroatoms. The van der Waals surface area contributed by atoms with Crippen molar-refractivity contribution in [1.29, 1.82) is 0 Å². The highest BCUT2D eigenvalue weighted by molar-refractivity contribution is 8.01. The van der Waals surface area contributed by atoms with E-state index in [2.05, 4.69) is 0 Å². The van der Waals surface area contributed by atoms with Crippen LogP contribution in [0, 0.1) is 0 Å². The zero-order valence-corrected chi connectivity index (χ0v) is 18.0. The highest BCUT2D eigenvalue weighted by atomic mass is 35.5. The van der Waals surface area contributed by atoms with Crippen LogP contribution in [-0.2, 0) is 37.0 Å². The van der Waals surface area contributed by atoms with E-state index in [1.54, 1.807) is 24.3 Å². The summed E-state index contributed by atoms with van der Waals surface area (Å²) in [7, 11) is 0. The van der Waals surface area contributed by atoms with Crippen molar-refractivity contribution >= 4 is 46.7 Å². The van der Waals surface area contributed by atoms with Crippen LogP contribution in [0.15, 0.2) is 48.5 Å². The summed E-state index contributed by atoms with van der Waals surface area (Å²) >= 11 is 13.0. The summed E-state index contributed by atoms with van der Waals surface area (Å²) in [5, 5.41) is 1.00. The maximum absolute atomic E-state index is 12.7. The second kappa shape index (κ2) is 10.5. The van der Waals surface area contributed by atoms with Crippen molar-refractivity contribution in [2.75, 3.05) is 6.61 Å². The normalized spacial score (nSPS) is 21.3. The third kappa shape index (κ3) is 6.46. The molecule has 0 aromatic heterocycles. The number of ketones is 1. The molecule has 0 saturated carbocycles. The Morgan fingerprint density at radius 1 is 0.966 bits per heavy atom. The molecule has 0 aliphatic carbocycles. The number of benzene rings is 2. The third-order valence-electron chi connectivity index (χ3n) is 4.23. The van der Waals surface area contributed by atoms with Crippen molar-refractivity contribution in [3.63, 3.8) is 0 Å². The van der Waals surface area contributed by atoms with Gasteiger partial charge in [-0.15, -0.1) is 11.8 Å². The molecule has 29 heavy (non-hydrogen) atoms. The second-order valence-corrected chi connectivity index (χ2v) is 8.70. The van der Waals surface area contributed by atoms with E-state index in [4.69, 9.17) is 37.4 Å². The van der Waals surface area contributed by atoms with Crippen LogP contribution in [0.25, 0.3) is 0 Å². The predicted molar refractivity (Wildman–Crippen MR) is 113 cm³/mol. The molecule has 0 bridgehead atoms.